The molecule has 0 radical (unpaired) electrons. The number of likely N-dealkylation sites (N-methyl/N-ethyl adjacent to an activating group) is 1. The first-order valence-electron chi connectivity index (χ1n) is 24.3. The average molecular weight is 1190 g/mol. The smallest absolute Gasteiger partial charge is 0.333 e. The molecule has 3 heterocycles. The lowest BCUT2D eigenvalue weighted by Crippen LogP contribution is -2.33. The molecule has 28 heteroatoms. The summed E-state index contributed by atoms with van der Waals surface area (Å²) >= 11 is 0. The molecule has 0 spiro atoms. The molecule has 0 fully saturated rings. The van der Waals surface area contributed by atoms with Crippen LogP contribution in [0, 0.1) is 0 Å². The number of carbonyl (C=O) groups excluding carboxylic acids is 1. The fourth-order valence-corrected chi connectivity index (χ4v) is 13.8. The van der Waals surface area contributed by atoms with Crippen LogP contribution in [0.3, 0.4) is 0 Å². The van der Waals surface area contributed by atoms with E-state index in [-0.39, 0.29) is 60.4 Å². The number of ether oxygens (including phenoxy) is 1. The molecule has 0 amide bonds. The summed E-state index contributed by atoms with van der Waals surface area (Å²) in [6.07, 6.45) is 13.2. The molecular weight excluding hydrogens is 1130 g/mol. The fraction of sp³-hybridized carbons (Fsp3) is 0.333. The molecule has 7 N–H and O–H groups in total. The van der Waals surface area contributed by atoms with E-state index in [1.165, 1.54) is 19.2 Å². The zero-order chi connectivity index (χ0) is 58.3. The first-order valence-corrected chi connectivity index (χ1v) is 31.6. The number of methoxy groups -OCH3 is 1. The molecular formula is C51H58N3O20S5+. The Balaban J connectivity index is 1.28. The van der Waals surface area contributed by atoms with E-state index in [0.717, 1.165) is 24.3 Å². The molecule has 2 atom stereocenters. The van der Waals surface area contributed by atoms with E-state index in [9.17, 15) is 79.9 Å². The highest BCUT2D eigenvalue weighted by molar-refractivity contribution is 7.87. The Labute approximate surface area is 456 Å². The number of benzene rings is 4. The number of aromatic hydroxyl groups is 2. The standard InChI is InChI=1S/C51H57N3O20S5/c1-5-52-39-20-18-35-37(29-33(76(61,62)63)31-41(35)78(67,68)69)48(39)50(2,24-14-28-75(58,59)60)43(52)15-10-7-6-8-11-16-44-51(3,25-27-73-4)49-38-30-34(77(64,65)66)32-42(79(70,71)72)36(38)19-21-40(49)53(44)26-13-9-12-17-47(57)74-54-45(55)22-23-46(54)56/h6-8,10-11,15-16,18-23,29-32H,5,9,12-14,17,24-28H2,1-4H3,(H6-,55,56,58,59,60,61,62,63,64,65,66,67,68,69,70,71,72)/p+1. The van der Waals surface area contributed by atoms with E-state index in [0.29, 0.717) is 76.6 Å². The number of allylic oxidation sites excluding steroid dienone is 8. The largest absolute Gasteiger partial charge is 0.492 e. The second-order valence-corrected chi connectivity index (χ2v) is 26.4. The minimum absolute atomic E-state index is 0.0194. The van der Waals surface area contributed by atoms with Crippen LogP contribution in [0.1, 0.15) is 76.8 Å². The summed E-state index contributed by atoms with van der Waals surface area (Å²) in [4.78, 5) is 16.4. The molecule has 2 unspecified atom stereocenters. The Hall–Kier alpha value is -6.31. The third-order valence-electron chi connectivity index (χ3n) is 14.1. The first kappa shape index (κ1) is 60.3. The number of hydrogen-bond acceptors (Lipinski definition) is 16. The van der Waals surface area contributed by atoms with Crippen molar-refractivity contribution in [3.8, 4) is 11.8 Å². The van der Waals surface area contributed by atoms with Crippen molar-refractivity contribution in [1.82, 2.24) is 4.73 Å². The quantitative estimate of drug-likeness (QED) is 0.0153. The van der Waals surface area contributed by atoms with Gasteiger partial charge >= 0.3 is 5.97 Å². The number of unbranched alkanes of at least 4 members (excludes halogenated alkanes) is 2. The number of anilines is 1. The van der Waals surface area contributed by atoms with E-state index in [2.05, 4.69) is 0 Å². The predicted octanol–water partition coefficient (Wildman–Crippen LogP) is 6.82. The second-order valence-electron chi connectivity index (χ2n) is 19.2. The summed E-state index contributed by atoms with van der Waals surface area (Å²) in [5.74, 6) is -2.34. The van der Waals surface area contributed by atoms with Crippen LogP contribution in [-0.2, 0) is 71.0 Å². The lowest BCUT2D eigenvalue weighted by atomic mass is 9.75. The van der Waals surface area contributed by atoms with Crippen molar-refractivity contribution in [2.45, 2.75) is 96.1 Å². The fourth-order valence-electron chi connectivity index (χ4n) is 10.6. The highest BCUT2D eigenvalue weighted by Crippen LogP contribution is 2.54. The summed E-state index contributed by atoms with van der Waals surface area (Å²) in [6, 6.07) is 11.8. The van der Waals surface area contributed by atoms with Gasteiger partial charge < -0.3 is 24.7 Å². The monoisotopic (exact) mass is 1190 g/mol. The number of rotatable bonds is 23. The summed E-state index contributed by atoms with van der Waals surface area (Å²) < 4.78 is 183. The second kappa shape index (κ2) is 22.7. The van der Waals surface area contributed by atoms with Gasteiger partial charge in [0.05, 0.1) is 21.0 Å². The van der Waals surface area contributed by atoms with E-state index >= 15 is 0 Å². The average Bonchev–Trinajstić information content (AvgIpc) is 2.98. The van der Waals surface area contributed by atoms with Gasteiger partial charge in [0.15, 0.2) is 5.71 Å². The number of carbonyl (C=O) groups is 1. The highest BCUT2D eigenvalue weighted by Gasteiger charge is 2.49. The summed E-state index contributed by atoms with van der Waals surface area (Å²) in [5, 5.41) is 19.8. The molecule has 0 saturated heterocycles. The van der Waals surface area contributed by atoms with Crippen LogP contribution in [0.25, 0.3) is 21.5 Å². The van der Waals surface area contributed by atoms with Gasteiger partial charge in [0.2, 0.25) is 17.4 Å². The van der Waals surface area contributed by atoms with Gasteiger partial charge in [-0.15, -0.1) is 4.73 Å². The van der Waals surface area contributed by atoms with Crippen molar-refractivity contribution in [1.29, 1.82) is 0 Å². The predicted molar refractivity (Wildman–Crippen MR) is 290 cm³/mol. The number of fused-ring (bicyclic) bond motifs is 6. The zero-order valence-corrected chi connectivity index (χ0v) is 47.0. The van der Waals surface area contributed by atoms with Crippen LogP contribution in [0.15, 0.2) is 128 Å². The van der Waals surface area contributed by atoms with Gasteiger partial charge in [-0.25, -0.2) is 4.79 Å². The molecule has 0 saturated carbocycles. The summed E-state index contributed by atoms with van der Waals surface area (Å²) in [5.41, 5.74) is 0.732. The zero-order valence-electron chi connectivity index (χ0n) is 42.9. The van der Waals surface area contributed by atoms with Crippen molar-refractivity contribution in [3.05, 3.63) is 120 Å². The topological polar surface area (TPSA) is 359 Å². The molecule has 23 nitrogen and oxygen atoms in total. The van der Waals surface area contributed by atoms with Crippen LogP contribution in [-0.4, -0.2) is 129 Å². The van der Waals surface area contributed by atoms with Crippen molar-refractivity contribution < 1.29 is 94.0 Å². The lowest BCUT2D eigenvalue weighted by molar-refractivity contribution is -0.438. The minimum atomic E-state index is -5.07. The molecule has 4 aromatic carbocycles. The van der Waals surface area contributed by atoms with Crippen molar-refractivity contribution in [3.63, 3.8) is 0 Å². The van der Waals surface area contributed by atoms with Crippen molar-refractivity contribution in [2.24, 2.45) is 0 Å². The van der Waals surface area contributed by atoms with Crippen molar-refractivity contribution in [2.75, 3.05) is 37.5 Å². The molecule has 1 aromatic heterocycles. The van der Waals surface area contributed by atoms with Gasteiger partial charge in [0.25, 0.3) is 50.6 Å². The Morgan fingerprint density at radius 2 is 1.19 bits per heavy atom. The van der Waals surface area contributed by atoms with Crippen LogP contribution < -0.4 is 9.74 Å². The van der Waals surface area contributed by atoms with E-state index in [4.69, 9.17) is 9.57 Å². The third-order valence-corrected chi connectivity index (χ3v) is 18.3. The molecule has 0 bridgehead atoms. The maximum absolute atomic E-state index is 12.8. The van der Waals surface area contributed by atoms with Crippen LogP contribution in [0.2, 0.25) is 0 Å². The van der Waals surface area contributed by atoms with Crippen LogP contribution in [0.4, 0.5) is 11.4 Å². The van der Waals surface area contributed by atoms with Gasteiger partial charge in [0, 0.05) is 90.5 Å². The Kier molecular flexibility index (Phi) is 17.3. The van der Waals surface area contributed by atoms with Gasteiger partial charge in [-0.3, -0.25) is 22.8 Å². The Morgan fingerprint density at radius 1 is 0.633 bits per heavy atom. The number of nitrogens with zero attached hydrogens (tertiary/aromatic N) is 3. The van der Waals surface area contributed by atoms with Crippen LogP contribution in [0.5, 0.6) is 11.8 Å². The maximum atomic E-state index is 12.8. The first-order chi connectivity index (χ1) is 36.8. The molecule has 5 aromatic rings. The van der Waals surface area contributed by atoms with Crippen molar-refractivity contribution >= 4 is 95.2 Å². The molecule has 426 valence electrons. The molecule has 0 aliphatic carbocycles. The maximum Gasteiger partial charge on any atom is 0.333 e. The van der Waals surface area contributed by atoms with Gasteiger partial charge in [-0.1, -0.05) is 36.4 Å². The third kappa shape index (κ3) is 12.7. The molecule has 7 rings (SSSR count). The molecule has 2 aliphatic heterocycles. The number of hydrogen-bond donors (Lipinski definition) is 7. The molecule has 2 aliphatic rings. The van der Waals surface area contributed by atoms with E-state index in [1.54, 1.807) is 61.6 Å². The Morgan fingerprint density at radius 3 is 1.73 bits per heavy atom. The van der Waals surface area contributed by atoms with E-state index < -0.39 is 104 Å². The SMILES string of the molecule is CCN1/C(=C/C=C/C=C/C=C/C2=[N+](CCCCCC(=O)On3c(O)ccc3O)c3ccc4c(S(=O)(=O)O)cc(S(=O)(=O)O)cc4c3C2(C)CCOC)C(C)(CCCS(=O)(=O)O)c2c1ccc1c(S(=O)(=O)O)cc(S(=O)(=O)O)cc21. The minimum Gasteiger partial charge on any atom is -0.492 e. The van der Waals surface area contributed by atoms with Gasteiger partial charge in [0.1, 0.15) is 16.3 Å². The van der Waals surface area contributed by atoms with Gasteiger partial charge in [-0.05, 0) is 112 Å². The summed E-state index contributed by atoms with van der Waals surface area (Å²) in [7, 11) is -23.2. The Bertz CT molecular complexity index is 4010. The van der Waals surface area contributed by atoms with Crippen LogP contribution >= 0.6 is 0 Å². The summed E-state index contributed by atoms with van der Waals surface area (Å²) in [6.45, 7) is 6.13. The highest BCUT2D eigenvalue weighted by atomic mass is 32.2. The lowest BCUT2D eigenvalue weighted by Gasteiger charge is -2.30. The number of aromatic nitrogens is 1. The molecule has 79 heavy (non-hydrogen) atoms. The van der Waals surface area contributed by atoms with Gasteiger partial charge in [-0.2, -0.15) is 46.7 Å². The normalized spacial score (nSPS) is 18.8. The van der Waals surface area contributed by atoms with E-state index in [1.807, 2.05) is 23.3 Å².